The van der Waals surface area contributed by atoms with E-state index in [0.717, 1.165) is 44.2 Å². The standard InChI is InChI=1S/C19H23N5O3S/c1-11-10-27-18-16(9-21-24(11)18)28(20,26)23-19(25)22-17-14-6-2-4-12(14)8-13-5-3-7-15(13)17/h8-9,11H,2-7,10H2,1H3,(H3,20,22,23,25,26). The van der Waals surface area contributed by atoms with Crippen LogP contribution in [0.25, 0.3) is 0 Å². The van der Waals surface area contributed by atoms with Crippen molar-refractivity contribution in [1.82, 2.24) is 14.5 Å². The number of anilines is 1. The molecule has 2 amide bonds. The van der Waals surface area contributed by atoms with Gasteiger partial charge in [-0.05, 0) is 67.7 Å². The zero-order valence-electron chi connectivity index (χ0n) is 15.7. The summed E-state index contributed by atoms with van der Waals surface area (Å²) in [5.74, 6) is 0.300. The third kappa shape index (κ3) is 2.68. The van der Waals surface area contributed by atoms with Crippen LogP contribution in [0.15, 0.2) is 17.2 Å². The van der Waals surface area contributed by atoms with E-state index < -0.39 is 15.9 Å². The summed E-state index contributed by atoms with van der Waals surface area (Å²) in [4.78, 5) is 12.8. The Bertz CT molecular complexity index is 1060. The number of carbonyl (C=O) groups excluding carboxylic acids is 1. The van der Waals surface area contributed by atoms with Crippen molar-refractivity contribution < 1.29 is 13.7 Å². The van der Waals surface area contributed by atoms with Crippen molar-refractivity contribution in [3.8, 4) is 5.88 Å². The van der Waals surface area contributed by atoms with Crippen molar-refractivity contribution in [2.45, 2.75) is 56.4 Å². The monoisotopic (exact) mass is 401 g/mol. The summed E-state index contributed by atoms with van der Waals surface area (Å²) in [7, 11) is -3.58. The van der Waals surface area contributed by atoms with E-state index in [-0.39, 0.29) is 10.9 Å². The van der Waals surface area contributed by atoms with Gasteiger partial charge < -0.3 is 10.1 Å². The predicted octanol–water partition coefficient (Wildman–Crippen LogP) is 2.96. The molecule has 0 fully saturated rings. The van der Waals surface area contributed by atoms with Crippen LogP contribution in [0.4, 0.5) is 10.5 Å². The molecule has 1 aromatic carbocycles. The number of amides is 2. The summed E-state index contributed by atoms with van der Waals surface area (Å²) < 4.78 is 30.6. The van der Waals surface area contributed by atoms with Crippen LogP contribution in [0, 0.1) is 4.78 Å². The quantitative estimate of drug-likeness (QED) is 0.734. The van der Waals surface area contributed by atoms with Crippen LogP contribution in [0.2, 0.25) is 0 Å². The SMILES string of the molecule is CC1COc2c(S(=N)(=O)NC(=O)Nc3c4c(cc5c3CCC5)CCC4)cnn21. The molecular weight excluding hydrogens is 378 g/mol. The first-order chi connectivity index (χ1) is 13.4. The maximum absolute atomic E-state index is 12.9. The Balaban J connectivity index is 1.41. The number of aryl methyl sites for hydroxylation is 2. The van der Waals surface area contributed by atoms with Gasteiger partial charge in [0.1, 0.15) is 11.5 Å². The molecule has 2 atom stereocenters. The normalized spacial score (nSPS) is 21.4. The molecule has 1 aromatic heterocycles. The Morgan fingerprint density at radius 1 is 1.25 bits per heavy atom. The fraction of sp³-hybridized carbons (Fsp3) is 0.474. The lowest BCUT2D eigenvalue weighted by Crippen LogP contribution is -2.34. The number of aromatic nitrogens is 2. The van der Waals surface area contributed by atoms with Gasteiger partial charge in [0, 0.05) is 5.69 Å². The van der Waals surface area contributed by atoms with Crippen LogP contribution < -0.4 is 14.8 Å². The number of carbonyl (C=O) groups is 1. The predicted molar refractivity (Wildman–Crippen MR) is 104 cm³/mol. The summed E-state index contributed by atoms with van der Waals surface area (Å²) in [6.45, 7) is 2.34. The van der Waals surface area contributed by atoms with Crippen molar-refractivity contribution >= 4 is 21.6 Å². The molecule has 28 heavy (non-hydrogen) atoms. The minimum Gasteiger partial charge on any atom is -0.475 e. The highest BCUT2D eigenvalue weighted by Gasteiger charge is 2.31. The highest BCUT2D eigenvalue weighted by atomic mass is 32.2. The fourth-order valence-electron chi connectivity index (χ4n) is 4.55. The molecule has 0 saturated heterocycles. The van der Waals surface area contributed by atoms with Gasteiger partial charge in [-0.1, -0.05) is 6.07 Å². The Morgan fingerprint density at radius 3 is 2.61 bits per heavy atom. The summed E-state index contributed by atoms with van der Waals surface area (Å²) in [5.41, 5.74) is 5.85. The molecule has 2 heterocycles. The number of urea groups is 1. The van der Waals surface area contributed by atoms with E-state index in [9.17, 15) is 9.00 Å². The second-order valence-electron chi connectivity index (χ2n) is 7.76. The van der Waals surface area contributed by atoms with E-state index in [2.05, 4.69) is 21.2 Å². The molecule has 9 heteroatoms. The van der Waals surface area contributed by atoms with Crippen LogP contribution >= 0.6 is 0 Å². The summed E-state index contributed by atoms with van der Waals surface area (Å²) in [5, 5.41) is 7.07. The lowest BCUT2D eigenvalue weighted by molar-refractivity contribution is 0.256. The third-order valence-corrected chi connectivity index (χ3v) is 7.23. The molecule has 0 radical (unpaired) electrons. The molecule has 0 bridgehead atoms. The number of hydrogen-bond donors (Lipinski definition) is 3. The zero-order valence-corrected chi connectivity index (χ0v) is 16.5. The number of benzene rings is 1. The second-order valence-corrected chi connectivity index (χ2v) is 9.52. The summed E-state index contributed by atoms with van der Waals surface area (Å²) >= 11 is 0. The van der Waals surface area contributed by atoms with Crippen LogP contribution in [0.1, 0.15) is 48.1 Å². The first-order valence-corrected chi connectivity index (χ1v) is 11.2. The number of fused-ring (bicyclic) bond motifs is 3. The Labute approximate surface area is 163 Å². The average Bonchev–Trinajstić information content (AvgIpc) is 3.38. The number of rotatable bonds is 3. The molecule has 2 aromatic rings. The molecule has 0 spiro atoms. The second kappa shape index (κ2) is 6.23. The first kappa shape index (κ1) is 17.5. The van der Waals surface area contributed by atoms with Crippen LogP contribution in [0.5, 0.6) is 5.88 Å². The lowest BCUT2D eigenvalue weighted by atomic mass is 9.99. The Hall–Kier alpha value is -2.55. The van der Waals surface area contributed by atoms with Gasteiger partial charge in [-0.15, -0.1) is 0 Å². The Morgan fingerprint density at radius 2 is 1.93 bits per heavy atom. The largest absolute Gasteiger partial charge is 0.475 e. The average molecular weight is 401 g/mol. The van der Waals surface area contributed by atoms with Gasteiger partial charge in [0.25, 0.3) is 0 Å². The van der Waals surface area contributed by atoms with Gasteiger partial charge in [0.2, 0.25) is 5.88 Å². The molecule has 148 valence electrons. The van der Waals surface area contributed by atoms with Gasteiger partial charge in [0.15, 0.2) is 9.92 Å². The number of nitrogens with one attached hydrogen (secondary N) is 3. The van der Waals surface area contributed by atoms with Crippen molar-refractivity contribution in [3.63, 3.8) is 0 Å². The maximum Gasteiger partial charge on any atom is 0.331 e. The highest BCUT2D eigenvalue weighted by molar-refractivity contribution is 7.91. The maximum atomic E-state index is 12.9. The van der Waals surface area contributed by atoms with Gasteiger partial charge >= 0.3 is 6.03 Å². The van der Waals surface area contributed by atoms with E-state index >= 15 is 0 Å². The van der Waals surface area contributed by atoms with Crippen molar-refractivity contribution in [2.24, 2.45) is 0 Å². The fourth-order valence-corrected chi connectivity index (χ4v) is 5.56. The van der Waals surface area contributed by atoms with E-state index in [0.29, 0.717) is 12.5 Å². The Kier molecular flexibility index (Phi) is 3.90. The van der Waals surface area contributed by atoms with Crippen molar-refractivity contribution in [2.75, 3.05) is 11.9 Å². The molecule has 3 N–H and O–H groups in total. The van der Waals surface area contributed by atoms with Crippen LogP contribution in [-0.2, 0) is 35.6 Å². The van der Waals surface area contributed by atoms with Crippen molar-refractivity contribution in [3.05, 3.63) is 34.5 Å². The van der Waals surface area contributed by atoms with Gasteiger partial charge in [0.05, 0.1) is 12.2 Å². The van der Waals surface area contributed by atoms with Gasteiger partial charge in [-0.2, -0.15) is 5.10 Å². The van der Waals surface area contributed by atoms with E-state index in [1.807, 2.05) is 6.92 Å². The lowest BCUT2D eigenvalue weighted by Gasteiger charge is -2.17. The minimum atomic E-state index is -3.58. The van der Waals surface area contributed by atoms with Crippen molar-refractivity contribution in [1.29, 1.82) is 4.78 Å². The van der Waals surface area contributed by atoms with Gasteiger partial charge in [-0.25, -0.2) is 23.2 Å². The van der Waals surface area contributed by atoms with Crippen LogP contribution in [-0.4, -0.2) is 26.6 Å². The van der Waals surface area contributed by atoms with E-state index in [1.54, 1.807) is 4.68 Å². The van der Waals surface area contributed by atoms with E-state index in [4.69, 9.17) is 9.52 Å². The molecule has 8 nitrogen and oxygen atoms in total. The molecule has 5 rings (SSSR count). The zero-order chi connectivity index (χ0) is 19.5. The molecule has 0 saturated carbocycles. The minimum absolute atomic E-state index is 0.0160. The number of nitrogens with zero attached hydrogens (tertiary/aromatic N) is 2. The summed E-state index contributed by atoms with van der Waals surface area (Å²) in [6, 6.07) is 1.68. The first-order valence-electron chi connectivity index (χ1n) is 9.68. The smallest absolute Gasteiger partial charge is 0.331 e. The molecule has 1 aliphatic heterocycles. The van der Waals surface area contributed by atoms with Gasteiger partial charge in [-0.3, -0.25) is 0 Å². The van der Waals surface area contributed by atoms with Crippen LogP contribution in [0.3, 0.4) is 0 Å². The van der Waals surface area contributed by atoms with E-state index in [1.165, 1.54) is 28.5 Å². The number of hydrogen-bond acceptors (Lipinski definition) is 5. The molecule has 2 aliphatic carbocycles. The summed E-state index contributed by atoms with van der Waals surface area (Å²) in [6.07, 6.45) is 7.47. The molecule has 2 unspecified atom stereocenters. The highest BCUT2D eigenvalue weighted by Crippen LogP contribution is 2.38. The number of ether oxygens (including phenoxy) is 1. The molecular formula is C19H23N5O3S. The third-order valence-electron chi connectivity index (χ3n) is 5.85. The topological polar surface area (TPSA) is 109 Å². The molecule has 3 aliphatic rings.